The van der Waals surface area contributed by atoms with E-state index in [4.69, 9.17) is 10.00 Å². The fourth-order valence-electron chi connectivity index (χ4n) is 2.40. The fourth-order valence-corrected chi connectivity index (χ4v) is 2.40. The first kappa shape index (κ1) is 7.12. The summed E-state index contributed by atoms with van der Waals surface area (Å²) in [5, 5.41) is 8.84. The molecule has 0 aliphatic carbocycles. The van der Waals surface area contributed by atoms with Gasteiger partial charge in [0.25, 0.3) is 0 Å². The standard InChI is InChI=1S/C9H13NO/c1-8-3-4-9(2,11-8)7(5-8)6-10/h7H,3-5H2,1-2H3/t7-,8+,9-/m1/s1. The lowest BCUT2D eigenvalue weighted by Gasteiger charge is -2.22. The molecule has 2 aliphatic heterocycles. The molecule has 2 heteroatoms. The van der Waals surface area contributed by atoms with Gasteiger partial charge in [0.15, 0.2) is 0 Å². The molecule has 0 saturated carbocycles. The number of hydrogen-bond donors (Lipinski definition) is 0. The Labute approximate surface area is 67.2 Å². The van der Waals surface area contributed by atoms with Crippen LogP contribution in [-0.2, 0) is 4.74 Å². The van der Waals surface area contributed by atoms with E-state index in [9.17, 15) is 0 Å². The van der Waals surface area contributed by atoms with Crippen LogP contribution in [0.25, 0.3) is 0 Å². The molecular formula is C9H13NO. The van der Waals surface area contributed by atoms with Crippen molar-refractivity contribution in [3.05, 3.63) is 0 Å². The third-order valence-electron chi connectivity index (χ3n) is 3.16. The first-order chi connectivity index (χ1) is 5.08. The highest BCUT2D eigenvalue weighted by Gasteiger charge is 2.56. The Hall–Kier alpha value is -0.550. The van der Waals surface area contributed by atoms with Gasteiger partial charge >= 0.3 is 0 Å². The maximum atomic E-state index is 8.84. The highest BCUT2D eigenvalue weighted by molar-refractivity contribution is 5.12. The van der Waals surface area contributed by atoms with Crippen molar-refractivity contribution in [1.82, 2.24) is 0 Å². The summed E-state index contributed by atoms with van der Waals surface area (Å²) < 4.78 is 5.83. The van der Waals surface area contributed by atoms with E-state index >= 15 is 0 Å². The Kier molecular flexibility index (Phi) is 1.15. The second kappa shape index (κ2) is 1.78. The maximum Gasteiger partial charge on any atom is 0.0821 e. The SMILES string of the molecule is C[C@@]12CC[C@@](C)(O1)[C@@H](C#N)C2. The number of fused-ring (bicyclic) bond motifs is 2. The molecule has 2 heterocycles. The van der Waals surface area contributed by atoms with Gasteiger partial charge in [-0.1, -0.05) is 0 Å². The van der Waals surface area contributed by atoms with Gasteiger partial charge in [0.1, 0.15) is 0 Å². The van der Waals surface area contributed by atoms with Gasteiger partial charge in [-0.25, -0.2) is 0 Å². The van der Waals surface area contributed by atoms with Crippen molar-refractivity contribution in [2.45, 2.75) is 44.3 Å². The van der Waals surface area contributed by atoms with E-state index in [-0.39, 0.29) is 17.1 Å². The molecule has 2 fully saturated rings. The zero-order valence-electron chi connectivity index (χ0n) is 7.05. The second-order valence-corrected chi connectivity index (χ2v) is 4.25. The van der Waals surface area contributed by atoms with E-state index in [0.29, 0.717) is 0 Å². The first-order valence-corrected chi connectivity index (χ1v) is 4.18. The van der Waals surface area contributed by atoms with Crippen LogP contribution in [0.1, 0.15) is 33.1 Å². The number of nitriles is 1. The zero-order valence-corrected chi connectivity index (χ0v) is 7.05. The van der Waals surface area contributed by atoms with Crippen molar-refractivity contribution in [2.24, 2.45) is 5.92 Å². The Morgan fingerprint density at radius 1 is 1.45 bits per heavy atom. The molecule has 2 bridgehead atoms. The summed E-state index contributed by atoms with van der Waals surface area (Å²) >= 11 is 0. The fraction of sp³-hybridized carbons (Fsp3) is 0.889. The average molecular weight is 151 g/mol. The molecule has 2 rings (SSSR count). The summed E-state index contributed by atoms with van der Waals surface area (Å²) in [6.45, 7) is 4.19. The van der Waals surface area contributed by atoms with Gasteiger partial charge in [-0.2, -0.15) is 5.26 Å². The molecular weight excluding hydrogens is 138 g/mol. The van der Waals surface area contributed by atoms with Crippen molar-refractivity contribution >= 4 is 0 Å². The van der Waals surface area contributed by atoms with Crippen LogP contribution in [-0.4, -0.2) is 11.2 Å². The largest absolute Gasteiger partial charge is 0.368 e. The topological polar surface area (TPSA) is 33.0 Å². The number of ether oxygens (including phenoxy) is 1. The zero-order chi connectivity index (χ0) is 8.11. The quantitative estimate of drug-likeness (QED) is 0.529. The minimum Gasteiger partial charge on any atom is -0.368 e. The van der Waals surface area contributed by atoms with Crippen LogP contribution in [0.5, 0.6) is 0 Å². The highest BCUT2D eigenvalue weighted by atomic mass is 16.5. The van der Waals surface area contributed by atoms with Crippen molar-refractivity contribution in [1.29, 1.82) is 5.26 Å². The lowest BCUT2D eigenvalue weighted by Crippen LogP contribution is -2.28. The van der Waals surface area contributed by atoms with Crippen LogP contribution >= 0.6 is 0 Å². The minimum absolute atomic E-state index is 0.0230. The predicted octanol–water partition coefficient (Wildman–Crippen LogP) is 1.86. The Bertz CT molecular complexity index is 232. The molecule has 0 N–H and O–H groups in total. The summed E-state index contributed by atoms with van der Waals surface area (Å²) in [5.74, 6) is 0.126. The third kappa shape index (κ3) is 0.810. The van der Waals surface area contributed by atoms with Crippen LogP contribution in [0, 0.1) is 17.2 Å². The number of hydrogen-bond acceptors (Lipinski definition) is 2. The van der Waals surface area contributed by atoms with Crippen molar-refractivity contribution in [2.75, 3.05) is 0 Å². The van der Waals surface area contributed by atoms with Gasteiger partial charge in [0.2, 0.25) is 0 Å². The lowest BCUT2D eigenvalue weighted by atomic mass is 9.76. The predicted molar refractivity (Wildman–Crippen MR) is 40.8 cm³/mol. The molecule has 0 aromatic heterocycles. The van der Waals surface area contributed by atoms with E-state index < -0.39 is 0 Å². The normalized spacial score (nSPS) is 54.5. The van der Waals surface area contributed by atoms with E-state index in [2.05, 4.69) is 19.9 Å². The van der Waals surface area contributed by atoms with E-state index in [1.165, 1.54) is 0 Å². The Morgan fingerprint density at radius 3 is 2.45 bits per heavy atom. The molecule has 2 saturated heterocycles. The van der Waals surface area contributed by atoms with Crippen LogP contribution in [0.2, 0.25) is 0 Å². The van der Waals surface area contributed by atoms with Crippen LogP contribution in [0.4, 0.5) is 0 Å². The molecule has 2 nitrogen and oxygen atoms in total. The van der Waals surface area contributed by atoms with Crippen molar-refractivity contribution < 1.29 is 4.74 Å². The van der Waals surface area contributed by atoms with Gasteiger partial charge in [-0.15, -0.1) is 0 Å². The van der Waals surface area contributed by atoms with Gasteiger partial charge in [0, 0.05) is 0 Å². The Balaban J connectivity index is 2.30. The number of nitrogens with zero attached hydrogens (tertiary/aromatic N) is 1. The second-order valence-electron chi connectivity index (χ2n) is 4.25. The van der Waals surface area contributed by atoms with Gasteiger partial charge in [-0.05, 0) is 33.1 Å². The molecule has 0 aromatic rings. The smallest absolute Gasteiger partial charge is 0.0821 e. The molecule has 0 spiro atoms. The summed E-state index contributed by atoms with van der Waals surface area (Å²) in [6.07, 6.45) is 3.11. The van der Waals surface area contributed by atoms with Crippen molar-refractivity contribution in [3.8, 4) is 6.07 Å². The van der Waals surface area contributed by atoms with Gasteiger partial charge in [-0.3, -0.25) is 0 Å². The molecule has 0 amide bonds. The number of rotatable bonds is 0. The Morgan fingerprint density at radius 2 is 2.18 bits per heavy atom. The summed E-state index contributed by atoms with van der Waals surface area (Å²) in [4.78, 5) is 0. The third-order valence-corrected chi connectivity index (χ3v) is 3.16. The summed E-state index contributed by atoms with van der Waals surface area (Å²) in [5.41, 5.74) is -0.0986. The van der Waals surface area contributed by atoms with Gasteiger partial charge in [0.05, 0.1) is 23.2 Å². The maximum absolute atomic E-state index is 8.84. The van der Waals surface area contributed by atoms with E-state index in [1.54, 1.807) is 0 Å². The van der Waals surface area contributed by atoms with Crippen LogP contribution in [0.3, 0.4) is 0 Å². The first-order valence-electron chi connectivity index (χ1n) is 4.18. The van der Waals surface area contributed by atoms with E-state index in [1.807, 2.05) is 0 Å². The van der Waals surface area contributed by atoms with Crippen molar-refractivity contribution in [3.63, 3.8) is 0 Å². The van der Waals surface area contributed by atoms with Crippen LogP contribution in [0.15, 0.2) is 0 Å². The molecule has 0 unspecified atom stereocenters. The molecule has 11 heavy (non-hydrogen) atoms. The molecule has 0 aromatic carbocycles. The average Bonchev–Trinajstić information content (AvgIpc) is 2.36. The summed E-state index contributed by atoms with van der Waals surface area (Å²) in [7, 11) is 0. The highest BCUT2D eigenvalue weighted by Crippen LogP contribution is 2.53. The van der Waals surface area contributed by atoms with Gasteiger partial charge < -0.3 is 4.74 Å². The minimum atomic E-state index is -0.122. The molecule has 60 valence electrons. The van der Waals surface area contributed by atoms with E-state index in [0.717, 1.165) is 19.3 Å². The monoisotopic (exact) mass is 151 g/mol. The lowest BCUT2D eigenvalue weighted by molar-refractivity contribution is -0.0325. The molecule has 2 aliphatic rings. The molecule has 0 radical (unpaired) electrons. The summed E-state index contributed by atoms with van der Waals surface area (Å²) in [6, 6.07) is 2.34. The molecule has 3 atom stereocenters. The van der Waals surface area contributed by atoms with Crippen LogP contribution < -0.4 is 0 Å².